The molecule has 1 aliphatic rings. The zero-order valence-corrected chi connectivity index (χ0v) is 14.3. The molecule has 0 spiro atoms. The Hall–Kier alpha value is -0.220. The van der Waals surface area contributed by atoms with E-state index in [1.165, 1.54) is 18.4 Å². The van der Waals surface area contributed by atoms with Gasteiger partial charge in [0.2, 0.25) is 0 Å². The van der Waals surface area contributed by atoms with Crippen LogP contribution in [0.5, 0.6) is 0 Å². The molecule has 118 valence electrons. The van der Waals surface area contributed by atoms with Crippen LogP contribution < -0.4 is 5.32 Å². The van der Waals surface area contributed by atoms with Crippen LogP contribution >= 0.6 is 23.4 Å². The van der Waals surface area contributed by atoms with E-state index in [-0.39, 0.29) is 12.1 Å². The topological polar surface area (TPSA) is 32.3 Å². The lowest BCUT2D eigenvalue weighted by Gasteiger charge is -2.40. The zero-order chi connectivity index (χ0) is 15.1. The summed E-state index contributed by atoms with van der Waals surface area (Å²) in [4.78, 5) is 0. The van der Waals surface area contributed by atoms with E-state index >= 15 is 0 Å². The fourth-order valence-corrected chi connectivity index (χ4v) is 4.74. The average molecular weight is 328 g/mol. The second kappa shape index (κ2) is 8.42. The maximum atomic E-state index is 9.82. The number of hydrogen-bond donors (Lipinski definition) is 2. The summed E-state index contributed by atoms with van der Waals surface area (Å²) in [5, 5.41) is 14.9. The summed E-state index contributed by atoms with van der Waals surface area (Å²) < 4.78 is 0. The first-order valence-electron chi connectivity index (χ1n) is 7.90. The third kappa shape index (κ3) is 4.88. The van der Waals surface area contributed by atoms with Crippen LogP contribution in [0.2, 0.25) is 5.02 Å². The number of aliphatic hydroxyl groups excluding tert-OH is 1. The lowest BCUT2D eigenvalue weighted by Crippen LogP contribution is -2.52. The summed E-state index contributed by atoms with van der Waals surface area (Å²) in [6.45, 7) is 3.41. The van der Waals surface area contributed by atoms with E-state index in [2.05, 4.69) is 18.3 Å². The highest BCUT2D eigenvalue weighted by molar-refractivity contribution is 7.99. The van der Waals surface area contributed by atoms with Crippen LogP contribution in [0, 0.1) is 0 Å². The number of aliphatic hydroxyl groups is 1. The molecule has 0 radical (unpaired) electrons. The van der Waals surface area contributed by atoms with Crippen molar-refractivity contribution in [2.75, 3.05) is 13.2 Å². The summed E-state index contributed by atoms with van der Waals surface area (Å²) >= 11 is 8.21. The molecule has 1 aromatic carbocycles. The van der Waals surface area contributed by atoms with Crippen LogP contribution in [-0.4, -0.2) is 29.0 Å². The van der Waals surface area contributed by atoms with Gasteiger partial charge in [-0.3, -0.25) is 0 Å². The summed E-state index contributed by atoms with van der Waals surface area (Å²) in [5.74, 6) is 0.958. The highest BCUT2D eigenvalue weighted by Crippen LogP contribution is 2.37. The van der Waals surface area contributed by atoms with Crippen molar-refractivity contribution in [2.24, 2.45) is 0 Å². The molecule has 0 bridgehead atoms. The van der Waals surface area contributed by atoms with E-state index in [9.17, 15) is 5.11 Å². The predicted molar refractivity (Wildman–Crippen MR) is 93.1 cm³/mol. The lowest BCUT2D eigenvalue weighted by molar-refractivity contribution is 0.124. The van der Waals surface area contributed by atoms with Crippen LogP contribution in [-0.2, 0) is 5.75 Å². The molecule has 1 aromatic rings. The van der Waals surface area contributed by atoms with Crippen LogP contribution in [0.15, 0.2) is 24.3 Å². The second-order valence-electron chi connectivity index (χ2n) is 5.99. The molecule has 2 rings (SSSR count). The second-order valence-corrected chi connectivity index (χ2v) is 7.68. The largest absolute Gasteiger partial charge is 0.394 e. The van der Waals surface area contributed by atoms with Crippen molar-refractivity contribution in [1.29, 1.82) is 0 Å². The number of hydrogen-bond acceptors (Lipinski definition) is 3. The van der Waals surface area contributed by atoms with Gasteiger partial charge < -0.3 is 10.4 Å². The quantitative estimate of drug-likeness (QED) is 0.785. The Morgan fingerprint density at radius 1 is 1.43 bits per heavy atom. The molecular weight excluding hydrogens is 302 g/mol. The molecule has 0 aromatic heterocycles. The Bertz CT molecular complexity index is 443. The van der Waals surface area contributed by atoms with Crippen LogP contribution in [0.25, 0.3) is 0 Å². The lowest BCUT2D eigenvalue weighted by atomic mass is 9.82. The predicted octanol–water partition coefficient (Wildman–Crippen LogP) is 4.25. The summed E-state index contributed by atoms with van der Waals surface area (Å²) in [6.07, 6.45) is 5.69. The maximum absolute atomic E-state index is 9.82. The summed E-state index contributed by atoms with van der Waals surface area (Å²) in [6, 6.07) is 8.08. The molecule has 1 fully saturated rings. The van der Waals surface area contributed by atoms with Gasteiger partial charge in [0, 0.05) is 21.6 Å². The molecule has 2 atom stereocenters. The Balaban J connectivity index is 1.90. The smallest absolute Gasteiger partial charge is 0.0613 e. The van der Waals surface area contributed by atoms with Crippen molar-refractivity contribution < 1.29 is 5.11 Å². The number of thioether (sulfide) groups is 1. The van der Waals surface area contributed by atoms with Crippen molar-refractivity contribution >= 4 is 23.4 Å². The van der Waals surface area contributed by atoms with E-state index in [1.54, 1.807) is 0 Å². The van der Waals surface area contributed by atoms with Crippen molar-refractivity contribution in [2.45, 2.75) is 55.6 Å². The Labute approximate surface area is 137 Å². The molecule has 0 heterocycles. The van der Waals surface area contributed by atoms with Crippen LogP contribution in [0.3, 0.4) is 0 Å². The minimum absolute atomic E-state index is 0.0631. The Morgan fingerprint density at radius 3 is 2.95 bits per heavy atom. The first kappa shape index (κ1) is 17.1. The molecule has 1 saturated carbocycles. The van der Waals surface area contributed by atoms with Crippen molar-refractivity contribution in [1.82, 2.24) is 5.32 Å². The van der Waals surface area contributed by atoms with Gasteiger partial charge in [0.25, 0.3) is 0 Å². The van der Waals surface area contributed by atoms with Gasteiger partial charge in [-0.1, -0.05) is 43.1 Å². The standard InChI is InChI=1S/C17H26ClNOS/c1-2-10-19-17(13-20)9-5-7-15(11-17)21-12-14-6-3-4-8-16(14)18/h3-4,6,8,15,19-20H,2,5,7,9-13H2,1H3. The molecule has 2 nitrogen and oxygen atoms in total. The van der Waals surface area contributed by atoms with E-state index in [0.29, 0.717) is 5.25 Å². The number of nitrogens with one attached hydrogen (secondary N) is 1. The van der Waals surface area contributed by atoms with Gasteiger partial charge in [0.1, 0.15) is 0 Å². The van der Waals surface area contributed by atoms with Crippen LogP contribution in [0.1, 0.15) is 44.6 Å². The van der Waals surface area contributed by atoms with E-state index < -0.39 is 0 Å². The third-order valence-electron chi connectivity index (χ3n) is 4.28. The van der Waals surface area contributed by atoms with Gasteiger partial charge >= 0.3 is 0 Å². The first-order chi connectivity index (χ1) is 10.2. The van der Waals surface area contributed by atoms with Crippen molar-refractivity contribution in [3.63, 3.8) is 0 Å². The van der Waals surface area contributed by atoms with Crippen molar-refractivity contribution in [3.05, 3.63) is 34.9 Å². The number of halogens is 1. The highest BCUT2D eigenvalue weighted by Gasteiger charge is 2.35. The summed E-state index contributed by atoms with van der Waals surface area (Å²) in [7, 11) is 0. The number of benzene rings is 1. The zero-order valence-electron chi connectivity index (χ0n) is 12.8. The van der Waals surface area contributed by atoms with Crippen molar-refractivity contribution in [3.8, 4) is 0 Å². The van der Waals surface area contributed by atoms with E-state index in [1.807, 2.05) is 30.0 Å². The fraction of sp³-hybridized carbons (Fsp3) is 0.647. The molecule has 2 unspecified atom stereocenters. The molecular formula is C17H26ClNOS. The summed E-state index contributed by atoms with van der Waals surface area (Å²) in [5.41, 5.74) is 1.15. The third-order valence-corrected chi connectivity index (χ3v) is 6.01. The maximum Gasteiger partial charge on any atom is 0.0613 e. The molecule has 0 aliphatic heterocycles. The normalized spacial score (nSPS) is 26.0. The molecule has 1 aliphatic carbocycles. The monoisotopic (exact) mass is 327 g/mol. The molecule has 2 N–H and O–H groups in total. The highest BCUT2D eigenvalue weighted by atomic mass is 35.5. The minimum Gasteiger partial charge on any atom is -0.394 e. The molecule has 0 amide bonds. The molecule has 21 heavy (non-hydrogen) atoms. The van der Waals surface area contributed by atoms with Gasteiger partial charge in [-0.25, -0.2) is 0 Å². The first-order valence-corrected chi connectivity index (χ1v) is 9.33. The number of rotatable bonds is 7. The van der Waals surface area contributed by atoms with Gasteiger partial charge in [-0.05, 0) is 43.9 Å². The van der Waals surface area contributed by atoms with E-state index in [0.717, 1.165) is 36.6 Å². The van der Waals surface area contributed by atoms with Crippen LogP contribution in [0.4, 0.5) is 0 Å². The minimum atomic E-state index is -0.0631. The van der Waals surface area contributed by atoms with Gasteiger partial charge in [0.05, 0.1) is 6.61 Å². The SMILES string of the molecule is CCCNC1(CO)CCCC(SCc2ccccc2Cl)C1. The molecule has 4 heteroatoms. The fourth-order valence-electron chi connectivity index (χ4n) is 3.02. The Morgan fingerprint density at radius 2 is 2.24 bits per heavy atom. The molecule has 0 saturated heterocycles. The van der Waals surface area contributed by atoms with E-state index in [4.69, 9.17) is 11.6 Å². The Kier molecular flexibility index (Phi) is 6.87. The average Bonchev–Trinajstić information content (AvgIpc) is 2.52. The van der Waals surface area contributed by atoms with Gasteiger partial charge in [-0.15, -0.1) is 0 Å². The van der Waals surface area contributed by atoms with Gasteiger partial charge in [0.15, 0.2) is 0 Å². The van der Waals surface area contributed by atoms with Gasteiger partial charge in [-0.2, -0.15) is 11.8 Å².